The zero-order chi connectivity index (χ0) is 26.1. The fourth-order valence-corrected chi connectivity index (χ4v) is 4.59. The van der Waals surface area contributed by atoms with E-state index in [9.17, 15) is 28.0 Å². The summed E-state index contributed by atoms with van der Waals surface area (Å²) in [7, 11) is 0. The SMILES string of the molecule is O=C(COc1ccc(Cl)c(F)c1)NC12CC[C@@](NC(=O)COc3ccc(Cl)c(F)c3)(CC1=O)C(=O)C2. The molecule has 3 aliphatic carbocycles. The number of carbonyl (C=O) groups excluding carboxylic acids is 4. The van der Waals surface area contributed by atoms with Gasteiger partial charge in [-0.05, 0) is 37.1 Å². The molecule has 0 spiro atoms. The summed E-state index contributed by atoms with van der Waals surface area (Å²) in [5.74, 6) is -3.40. The Morgan fingerprint density at radius 3 is 1.50 bits per heavy atom. The number of carbonyl (C=O) groups is 4. The van der Waals surface area contributed by atoms with Crippen molar-refractivity contribution in [2.45, 2.75) is 36.8 Å². The third kappa shape index (κ3) is 5.29. The largest absolute Gasteiger partial charge is 0.484 e. The Labute approximate surface area is 214 Å². The third-order valence-electron chi connectivity index (χ3n) is 6.25. The van der Waals surface area contributed by atoms with Crippen molar-refractivity contribution < 1.29 is 37.4 Å². The molecular weight excluding hydrogens is 521 g/mol. The lowest BCUT2D eigenvalue weighted by Crippen LogP contribution is -2.73. The van der Waals surface area contributed by atoms with Gasteiger partial charge in [0.15, 0.2) is 24.8 Å². The maximum Gasteiger partial charge on any atom is 0.258 e. The van der Waals surface area contributed by atoms with Gasteiger partial charge in [0, 0.05) is 25.0 Å². The van der Waals surface area contributed by atoms with Gasteiger partial charge in [-0.25, -0.2) is 8.78 Å². The monoisotopic (exact) mass is 540 g/mol. The van der Waals surface area contributed by atoms with E-state index >= 15 is 0 Å². The van der Waals surface area contributed by atoms with Crippen LogP contribution in [-0.2, 0) is 19.2 Å². The van der Waals surface area contributed by atoms with Crippen molar-refractivity contribution in [1.82, 2.24) is 10.6 Å². The molecule has 0 radical (unpaired) electrons. The van der Waals surface area contributed by atoms with Crippen LogP contribution in [0.15, 0.2) is 36.4 Å². The Bertz CT molecular complexity index is 1160. The van der Waals surface area contributed by atoms with E-state index in [2.05, 4.69) is 10.6 Å². The van der Waals surface area contributed by atoms with Gasteiger partial charge in [-0.1, -0.05) is 23.2 Å². The number of ether oxygens (including phenoxy) is 2. The minimum atomic E-state index is -1.40. The van der Waals surface area contributed by atoms with Gasteiger partial charge in [-0.15, -0.1) is 0 Å². The van der Waals surface area contributed by atoms with E-state index in [0.717, 1.165) is 12.1 Å². The molecule has 1 unspecified atom stereocenters. The molecule has 2 atom stereocenters. The molecule has 8 nitrogen and oxygen atoms in total. The lowest BCUT2D eigenvalue weighted by atomic mass is 9.60. The molecule has 0 aliphatic heterocycles. The maximum absolute atomic E-state index is 13.5. The van der Waals surface area contributed by atoms with E-state index < -0.39 is 59.3 Å². The number of rotatable bonds is 8. The minimum Gasteiger partial charge on any atom is -0.484 e. The fourth-order valence-electron chi connectivity index (χ4n) is 4.36. The number of nitrogens with one attached hydrogen (secondary N) is 2. The van der Waals surface area contributed by atoms with Crippen LogP contribution in [0.5, 0.6) is 11.5 Å². The zero-order valence-corrected chi connectivity index (χ0v) is 20.2. The van der Waals surface area contributed by atoms with E-state index in [0.29, 0.717) is 0 Å². The van der Waals surface area contributed by atoms with Crippen LogP contribution >= 0.6 is 23.2 Å². The molecule has 3 fully saturated rings. The van der Waals surface area contributed by atoms with E-state index in [1.54, 1.807) is 0 Å². The fraction of sp³-hybridized carbons (Fsp3) is 0.333. The van der Waals surface area contributed by atoms with Gasteiger partial charge in [0.25, 0.3) is 11.8 Å². The highest BCUT2D eigenvalue weighted by molar-refractivity contribution is 6.31. The molecule has 2 amide bonds. The van der Waals surface area contributed by atoms with Crippen LogP contribution in [0.2, 0.25) is 10.0 Å². The van der Waals surface area contributed by atoms with Crippen LogP contribution in [0.25, 0.3) is 0 Å². The Morgan fingerprint density at radius 1 is 0.778 bits per heavy atom. The summed E-state index contributed by atoms with van der Waals surface area (Å²) in [6.45, 7) is -1.01. The number of hydrogen-bond donors (Lipinski definition) is 2. The molecule has 2 aromatic rings. The van der Waals surface area contributed by atoms with Crippen molar-refractivity contribution in [3.05, 3.63) is 58.1 Å². The van der Waals surface area contributed by atoms with Gasteiger partial charge >= 0.3 is 0 Å². The van der Waals surface area contributed by atoms with Crippen molar-refractivity contribution in [2.75, 3.05) is 13.2 Å². The van der Waals surface area contributed by atoms with Crippen molar-refractivity contribution in [3.63, 3.8) is 0 Å². The molecule has 2 aromatic carbocycles. The summed E-state index contributed by atoms with van der Waals surface area (Å²) in [5.41, 5.74) is -2.79. The zero-order valence-electron chi connectivity index (χ0n) is 18.7. The summed E-state index contributed by atoms with van der Waals surface area (Å²) in [5, 5.41) is 4.98. The average Bonchev–Trinajstić information content (AvgIpc) is 2.82. The first-order valence-corrected chi connectivity index (χ1v) is 11.6. The van der Waals surface area contributed by atoms with E-state index in [1.807, 2.05) is 0 Å². The standard InChI is InChI=1S/C24H20Cl2F2N2O6/c25-15-3-1-13(7-17(15)27)35-11-21(33)29-23-5-6-24(10-19(23)31,20(32)9-23)30-22(34)12-36-14-2-4-16(26)18(28)8-14/h1-4,7-8H,5-6,9-12H2,(H,29,33)(H,30,34)/t23-,24?/m1/s1. The van der Waals surface area contributed by atoms with Gasteiger partial charge in [0.2, 0.25) is 0 Å². The highest BCUT2D eigenvalue weighted by atomic mass is 35.5. The van der Waals surface area contributed by atoms with Crippen LogP contribution in [0.3, 0.4) is 0 Å². The van der Waals surface area contributed by atoms with E-state index in [-0.39, 0.29) is 47.2 Å². The van der Waals surface area contributed by atoms with Crippen LogP contribution < -0.4 is 20.1 Å². The number of fused-ring (bicyclic) bond motifs is 3. The molecule has 190 valence electrons. The molecule has 2 bridgehead atoms. The first kappa shape index (κ1) is 25.8. The number of amides is 2. The molecule has 3 saturated carbocycles. The number of hydrogen-bond acceptors (Lipinski definition) is 6. The first-order chi connectivity index (χ1) is 17.0. The summed E-state index contributed by atoms with van der Waals surface area (Å²) < 4.78 is 37.6. The normalized spacial score (nSPS) is 22.8. The molecule has 12 heteroatoms. The van der Waals surface area contributed by atoms with Crippen LogP contribution in [0, 0.1) is 11.6 Å². The first-order valence-electron chi connectivity index (χ1n) is 10.9. The predicted octanol–water partition coefficient (Wildman–Crippen LogP) is 3.17. The van der Waals surface area contributed by atoms with E-state index in [4.69, 9.17) is 32.7 Å². The number of benzene rings is 2. The highest BCUT2D eigenvalue weighted by Crippen LogP contribution is 2.42. The van der Waals surface area contributed by atoms with Gasteiger partial charge in [-0.2, -0.15) is 0 Å². The highest BCUT2D eigenvalue weighted by Gasteiger charge is 2.60. The quantitative estimate of drug-likeness (QED) is 0.532. The molecule has 3 aliphatic rings. The minimum absolute atomic E-state index is 0.0736. The molecule has 36 heavy (non-hydrogen) atoms. The second-order valence-electron chi connectivity index (χ2n) is 8.69. The molecular formula is C24H20Cl2F2N2O6. The summed E-state index contributed by atoms with van der Waals surface area (Å²) in [6, 6.07) is 7.37. The summed E-state index contributed by atoms with van der Waals surface area (Å²) >= 11 is 11.2. The Kier molecular flexibility index (Phi) is 7.19. The summed E-state index contributed by atoms with van der Waals surface area (Å²) in [4.78, 5) is 50.8. The molecule has 2 N–H and O–H groups in total. The second kappa shape index (κ2) is 10.0. The average molecular weight is 541 g/mol. The van der Waals surface area contributed by atoms with Crippen molar-refractivity contribution in [2.24, 2.45) is 0 Å². The van der Waals surface area contributed by atoms with E-state index in [1.165, 1.54) is 24.3 Å². The van der Waals surface area contributed by atoms with Crippen molar-refractivity contribution >= 4 is 46.6 Å². The van der Waals surface area contributed by atoms with Crippen LogP contribution in [-0.4, -0.2) is 47.7 Å². The lowest BCUT2D eigenvalue weighted by Gasteiger charge is -2.50. The Balaban J connectivity index is 1.33. The molecule has 0 aromatic heterocycles. The molecule has 0 heterocycles. The van der Waals surface area contributed by atoms with Crippen molar-refractivity contribution in [1.29, 1.82) is 0 Å². The van der Waals surface area contributed by atoms with Gasteiger partial charge in [0.1, 0.15) is 34.2 Å². The third-order valence-corrected chi connectivity index (χ3v) is 6.86. The van der Waals surface area contributed by atoms with Crippen LogP contribution in [0.4, 0.5) is 8.78 Å². The number of halogens is 4. The lowest BCUT2D eigenvalue weighted by molar-refractivity contribution is -0.152. The maximum atomic E-state index is 13.5. The molecule has 0 saturated heterocycles. The topological polar surface area (TPSA) is 111 Å². The Hall–Kier alpha value is -3.24. The smallest absolute Gasteiger partial charge is 0.258 e. The van der Waals surface area contributed by atoms with Gasteiger partial charge in [-0.3, -0.25) is 19.2 Å². The van der Waals surface area contributed by atoms with Gasteiger partial charge in [0.05, 0.1) is 10.0 Å². The van der Waals surface area contributed by atoms with Crippen molar-refractivity contribution in [3.8, 4) is 11.5 Å². The second-order valence-corrected chi connectivity index (χ2v) is 9.50. The Morgan fingerprint density at radius 2 is 1.17 bits per heavy atom. The van der Waals surface area contributed by atoms with Crippen LogP contribution in [0.1, 0.15) is 25.7 Å². The van der Waals surface area contributed by atoms with Gasteiger partial charge < -0.3 is 20.1 Å². The summed E-state index contributed by atoms with van der Waals surface area (Å²) in [6.07, 6.45) is -0.335. The number of ketones is 2. The number of Topliss-reactive ketones (excluding diaryl/α,β-unsaturated/α-hetero) is 2. The predicted molar refractivity (Wildman–Crippen MR) is 124 cm³/mol. The molecule has 5 rings (SSSR count).